The number of morpholine rings is 1. The van der Waals surface area contributed by atoms with Gasteiger partial charge in [-0.2, -0.15) is 0 Å². The van der Waals surface area contributed by atoms with Crippen LogP contribution in [0.15, 0.2) is 109 Å². The summed E-state index contributed by atoms with van der Waals surface area (Å²) in [5.41, 5.74) is 5.56. The molecule has 6 rings (SSSR count). The average molecular weight is 604 g/mol. The third kappa shape index (κ3) is 7.74. The van der Waals surface area contributed by atoms with E-state index < -0.39 is 0 Å². The molecule has 1 amide bonds. The van der Waals surface area contributed by atoms with Gasteiger partial charge in [-0.05, 0) is 40.5 Å². The second kappa shape index (κ2) is 14.9. The molecule has 0 radical (unpaired) electrons. The number of rotatable bonds is 13. The monoisotopic (exact) mass is 603 g/mol. The summed E-state index contributed by atoms with van der Waals surface area (Å²) in [5, 5.41) is 4.34. The van der Waals surface area contributed by atoms with E-state index in [1.54, 1.807) is 7.11 Å². The summed E-state index contributed by atoms with van der Waals surface area (Å²) in [6.45, 7) is 5.88. The van der Waals surface area contributed by atoms with Crippen molar-refractivity contribution in [1.82, 2.24) is 14.8 Å². The van der Waals surface area contributed by atoms with Crippen LogP contribution in [0.4, 0.5) is 0 Å². The summed E-state index contributed by atoms with van der Waals surface area (Å²) in [5.74, 6) is 1.15. The van der Waals surface area contributed by atoms with E-state index in [0.717, 1.165) is 67.0 Å². The molecule has 5 aromatic rings. The van der Waals surface area contributed by atoms with Crippen LogP contribution in [0.25, 0.3) is 10.9 Å². The molecule has 0 saturated carbocycles. The minimum Gasteiger partial charge on any atom is -0.493 e. The number of methoxy groups -OCH3 is 1. The van der Waals surface area contributed by atoms with Gasteiger partial charge in [0.05, 0.1) is 20.3 Å². The lowest BCUT2D eigenvalue weighted by Gasteiger charge is -2.26. The molecule has 232 valence electrons. The van der Waals surface area contributed by atoms with Crippen molar-refractivity contribution in [2.24, 2.45) is 0 Å². The van der Waals surface area contributed by atoms with Gasteiger partial charge in [-0.25, -0.2) is 0 Å². The molecule has 1 saturated heterocycles. The Bertz CT molecular complexity index is 1680. The number of ether oxygens (including phenoxy) is 3. The fourth-order valence-electron chi connectivity index (χ4n) is 6.07. The predicted molar refractivity (Wildman–Crippen MR) is 178 cm³/mol. The minimum atomic E-state index is -0.194. The van der Waals surface area contributed by atoms with Crippen molar-refractivity contribution in [3.05, 3.63) is 132 Å². The Morgan fingerprint density at radius 3 is 2.33 bits per heavy atom. The van der Waals surface area contributed by atoms with Crippen LogP contribution >= 0.6 is 0 Å². The number of hydrogen-bond donors (Lipinski definition) is 1. The smallest absolute Gasteiger partial charge is 0.220 e. The van der Waals surface area contributed by atoms with Gasteiger partial charge in [-0.15, -0.1) is 0 Å². The van der Waals surface area contributed by atoms with Crippen molar-refractivity contribution >= 4 is 16.8 Å². The highest BCUT2D eigenvalue weighted by Crippen LogP contribution is 2.39. The van der Waals surface area contributed by atoms with E-state index in [-0.39, 0.29) is 11.8 Å². The Morgan fingerprint density at radius 1 is 0.867 bits per heavy atom. The minimum absolute atomic E-state index is 0.0238. The molecular formula is C38H41N3O4. The normalized spacial score (nSPS) is 14.2. The van der Waals surface area contributed by atoms with Gasteiger partial charge >= 0.3 is 0 Å². The first-order chi connectivity index (χ1) is 22.2. The molecule has 1 aromatic heterocycles. The van der Waals surface area contributed by atoms with Gasteiger partial charge in [0.1, 0.15) is 6.61 Å². The van der Waals surface area contributed by atoms with Gasteiger partial charge < -0.3 is 24.1 Å². The molecule has 0 aliphatic carbocycles. The van der Waals surface area contributed by atoms with Crippen molar-refractivity contribution in [3.8, 4) is 11.5 Å². The van der Waals surface area contributed by atoms with Crippen molar-refractivity contribution < 1.29 is 19.0 Å². The van der Waals surface area contributed by atoms with Crippen LogP contribution in [0.1, 0.15) is 34.6 Å². The van der Waals surface area contributed by atoms with Crippen LogP contribution < -0.4 is 14.8 Å². The van der Waals surface area contributed by atoms with E-state index in [4.69, 9.17) is 14.2 Å². The number of fused-ring (bicyclic) bond motifs is 1. The molecule has 0 bridgehead atoms. The lowest BCUT2D eigenvalue weighted by atomic mass is 9.87. The third-order valence-corrected chi connectivity index (χ3v) is 8.46. The second-order valence-electron chi connectivity index (χ2n) is 11.5. The highest BCUT2D eigenvalue weighted by atomic mass is 16.5. The van der Waals surface area contributed by atoms with Crippen LogP contribution in [-0.4, -0.2) is 61.9 Å². The van der Waals surface area contributed by atoms with Gasteiger partial charge in [-0.1, -0.05) is 84.9 Å². The fraction of sp³-hybridized carbons (Fsp3) is 0.289. The van der Waals surface area contributed by atoms with Crippen LogP contribution in [0.2, 0.25) is 0 Å². The summed E-state index contributed by atoms with van der Waals surface area (Å²) in [6.07, 6.45) is 2.53. The highest BCUT2D eigenvalue weighted by Gasteiger charge is 2.24. The predicted octanol–water partition coefficient (Wildman–Crippen LogP) is 6.25. The molecule has 1 N–H and O–H groups in total. The van der Waals surface area contributed by atoms with Crippen molar-refractivity contribution in [2.45, 2.75) is 25.5 Å². The Labute approximate surface area is 265 Å². The lowest BCUT2D eigenvalue weighted by molar-refractivity contribution is -0.121. The summed E-state index contributed by atoms with van der Waals surface area (Å²) in [4.78, 5) is 15.9. The average Bonchev–Trinajstić information content (AvgIpc) is 3.45. The van der Waals surface area contributed by atoms with Crippen molar-refractivity contribution in [3.63, 3.8) is 0 Å². The molecule has 1 atom stereocenters. The maximum atomic E-state index is 13.6. The molecule has 7 nitrogen and oxygen atoms in total. The number of para-hydroxylation sites is 1. The van der Waals surface area contributed by atoms with Crippen LogP contribution in [0.5, 0.6) is 11.5 Å². The summed E-state index contributed by atoms with van der Waals surface area (Å²) in [7, 11) is 1.65. The number of hydrogen-bond acceptors (Lipinski definition) is 5. The number of nitrogens with zero attached hydrogens (tertiary/aromatic N) is 2. The molecule has 0 spiro atoms. The topological polar surface area (TPSA) is 65.0 Å². The number of carbonyl (C=O) groups is 1. The maximum Gasteiger partial charge on any atom is 0.220 e. The summed E-state index contributed by atoms with van der Waals surface area (Å²) >= 11 is 0. The summed E-state index contributed by atoms with van der Waals surface area (Å²) < 4.78 is 19.7. The van der Waals surface area contributed by atoms with Gasteiger partial charge in [0.15, 0.2) is 11.5 Å². The SMILES string of the molecule is COc1ccc([C@@H](CC(=O)NCCN2CCOCC2)c2cn(Cc3ccccc3)c3ccccc23)cc1OCc1ccccc1. The zero-order chi connectivity index (χ0) is 30.8. The van der Waals surface area contributed by atoms with E-state index in [2.05, 4.69) is 75.6 Å². The van der Waals surface area contributed by atoms with E-state index in [0.29, 0.717) is 31.1 Å². The first-order valence-corrected chi connectivity index (χ1v) is 15.7. The zero-order valence-corrected chi connectivity index (χ0v) is 25.9. The molecule has 0 unspecified atom stereocenters. The van der Waals surface area contributed by atoms with Gasteiger partial charge in [0.2, 0.25) is 5.91 Å². The Balaban J connectivity index is 1.32. The summed E-state index contributed by atoms with van der Waals surface area (Å²) in [6, 6.07) is 35.1. The number of carbonyl (C=O) groups excluding carboxylic acids is 1. The van der Waals surface area contributed by atoms with Crippen LogP contribution in [0.3, 0.4) is 0 Å². The molecule has 1 fully saturated rings. The van der Waals surface area contributed by atoms with Gasteiger partial charge in [0.25, 0.3) is 0 Å². The van der Waals surface area contributed by atoms with Crippen LogP contribution in [0, 0.1) is 0 Å². The number of nitrogens with one attached hydrogen (secondary N) is 1. The van der Waals surface area contributed by atoms with E-state index >= 15 is 0 Å². The molecule has 45 heavy (non-hydrogen) atoms. The van der Waals surface area contributed by atoms with E-state index in [1.807, 2.05) is 48.5 Å². The van der Waals surface area contributed by atoms with Gasteiger partial charge in [0, 0.05) is 62.2 Å². The second-order valence-corrected chi connectivity index (χ2v) is 11.5. The fourth-order valence-corrected chi connectivity index (χ4v) is 6.07. The maximum absolute atomic E-state index is 13.6. The molecule has 4 aromatic carbocycles. The molecular weight excluding hydrogens is 562 g/mol. The lowest BCUT2D eigenvalue weighted by Crippen LogP contribution is -2.41. The molecule has 2 heterocycles. The first kappa shape index (κ1) is 30.4. The third-order valence-electron chi connectivity index (χ3n) is 8.46. The number of aromatic nitrogens is 1. The molecule has 7 heteroatoms. The Morgan fingerprint density at radius 2 is 1.58 bits per heavy atom. The quantitative estimate of drug-likeness (QED) is 0.172. The number of amides is 1. The molecule has 1 aliphatic heterocycles. The molecule has 1 aliphatic rings. The van der Waals surface area contributed by atoms with E-state index in [9.17, 15) is 4.79 Å². The Hall–Kier alpha value is -4.59. The van der Waals surface area contributed by atoms with Gasteiger partial charge in [-0.3, -0.25) is 9.69 Å². The standard InChI is InChI=1S/C38H41N3O4/c1-43-36-17-16-31(24-37(36)45-28-30-12-6-3-7-13-30)33(25-38(42)39-18-19-40-20-22-44-23-21-40)34-27-41(26-29-10-4-2-5-11-29)35-15-9-8-14-32(34)35/h2-17,24,27,33H,18-23,25-26,28H2,1H3,(H,39,42)/t33-/m1/s1. The zero-order valence-electron chi connectivity index (χ0n) is 25.9. The largest absolute Gasteiger partial charge is 0.493 e. The van der Waals surface area contributed by atoms with Crippen molar-refractivity contribution in [2.75, 3.05) is 46.5 Å². The van der Waals surface area contributed by atoms with E-state index in [1.165, 1.54) is 5.56 Å². The Kier molecular flexibility index (Phi) is 10.1. The number of benzene rings is 4. The van der Waals surface area contributed by atoms with Crippen molar-refractivity contribution in [1.29, 1.82) is 0 Å². The van der Waals surface area contributed by atoms with Crippen LogP contribution in [-0.2, 0) is 22.7 Å². The highest BCUT2D eigenvalue weighted by molar-refractivity contribution is 5.87. The first-order valence-electron chi connectivity index (χ1n) is 15.7.